The van der Waals surface area contributed by atoms with Crippen molar-refractivity contribution in [1.29, 1.82) is 0 Å². The topological polar surface area (TPSA) is 60.9 Å². The number of likely N-dealkylation sites (tertiary alicyclic amines) is 1. The Bertz CT molecular complexity index is 746. The van der Waals surface area contributed by atoms with Crippen LogP contribution in [0.3, 0.4) is 0 Å². The first-order valence-corrected chi connectivity index (χ1v) is 11.5. The van der Waals surface area contributed by atoms with Crippen LogP contribution in [0.5, 0.6) is 0 Å². The van der Waals surface area contributed by atoms with Gasteiger partial charge in [0.05, 0.1) is 11.4 Å². The lowest BCUT2D eigenvalue weighted by Crippen LogP contribution is -2.53. The second-order valence-electron chi connectivity index (χ2n) is 7.27. The first-order valence-electron chi connectivity index (χ1n) is 9.69. The van der Waals surface area contributed by atoms with Crippen LogP contribution >= 0.6 is 11.6 Å². The van der Waals surface area contributed by atoms with Gasteiger partial charge in [-0.2, -0.15) is 4.31 Å². The van der Waals surface area contributed by atoms with E-state index < -0.39 is 10.0 Å². The number of piperazine rings is 1. The number of hydrogen-bond donors (Lipinski definition) is 0. The maximum absolute atomic E-state index is 12.7. The standard InChI is InChI=1S/C19H28ClN3O3S/c1-2-17-5-3-4-10-22(17)15-19(24)21-11-13-23(14-12-21)27(25,26)18-8-6-16(20)7-9-18/h6-9,17H,2-5,10-15H2,1H3. The van der Waals surface area contributed by atoms with Crippen LogP contribution in [-0.2, 0) is 14.8 Å². The molecule has 1 aromatic carbocycles. The summed E-state index contributed by atoms with van der Waals surface area (Å²) in [5.41, 5.74) is 0. The molecule has 2 aliphatic heterocycles. The molecule has 0 radical (unpaired) electrons. The second kappa shape index (κ2) is 8.90. The van der Waals surface area contributed by atoms with E-state index in [1.807, 2.05) is 0 Å². The number of carbonyl (C=O) groups excluding carboxylic acids is 1. The quantitative estimate of drug-likeness (QED) is 0.743. The fourth-order valence-corrected chi connectivity index (χ4v) is 5.49. The van der Waals surface area contributed by atoms with Crippen molar-refractivity contribution < 1.29 is 13.2 Å². The maximum atomic E-state index is 12.7. The first-order chi connectivity index (χ1) is 12.9. The Balaban J connectivity index is 1.56. The summed E-state index contributed by atoms with van der Waals surface area (Å²) in [4.78, 5) is 17.0. The average molecular weight is 414 g/mol. The zero-order chi connectivity index (χ0) is 19.4. The number of hydrogen-bond acceptors (Lipinski definition) is 4. The third-order valence-corrected chi connectivity index (χ3v) is 7.77. The molecule has 0 saturated carbocycles. The molecule has 27 heavy (non-hydrogen) atoms. The van der Waals surface area contributed by atoms with Crippen molar-refractivity contribution in [2.24, 2.45) is 0 Å². The van der Waals surface area contributed by atoms with Crippen molar-refractivity contribution in [3.8, 4) is 0 Å². The van der Waals surface area contributed by atoms with Crippen LogP contribution in [0.4, 0.5) is 0 Å². The van der Waals surface area contributed by atoms with Gasteiger partial charge in [0.15, 0.2) is 0 Å². The molecule has 1 unspecified atom stereocenters. The van der Waals surface area contributed by atoms with E-state index in [1.54, 1.807) is 17.0 Å². The molecule has 150 valence electrons. The Hall–Kier alpha value is -1.15. The Kier molecular flexibility index (Phi) is 6.78. The van der Waals surface area contributed by atoms with Gasteiger partial charge in [-0.05, 0) is 50.1 Å². The Labute approximate surface area is 167 Å². The van der Waals surface area contributed by atoms with Crippen molar-refractivity contribution >= 4 is 27.5 Å². The van der Waals surface area contributed by atoms with Crippen LogP contribution in [0, 0.1) is 0 Å². The lowest BCUT2D eigenvalue weighted by molar-refractivity contribution is -0.134. The van der Waals surface area contributed by atoms with E-state index in [-0.39, 0.29) is 10.8 Å². The van der Waals surface area contributed by atoms with Gasteiger partial charge in [-0.3, -0.25) is 9.69 Å². The van der Waals surface area contributed by atoms with E-state index in [0.29, 0.717) is 43.8 Å². The number of halogens is 1. The van der Waals surface area contributed by atoms with Crippen LogP contribution in [0.25, 0.3) is 0 Å². The summed E-state index contributed by atoms with van der Waals surface area (Å²) in [5, 5.41) is 0.507. The van der Waals surface area contributed by atoms with Gasteiger partial charge >= 0.3 is 0 Å². The molecule has 1 atom stereocenters. The smallest absolute Gasteiger partial charge is 0.243 e. The van der Waals surface area contributed by atoms with Crippen LogP contribution in [-0.4, -0.2) is 73.7 Å². The molecular formula is C19H28ClN3O3S. The molecule has 2 aliphatic rings. The van der Waals surface area contributed by atoms with Crippen molar-refractivity contribution in [2.75, 3.05) is 39.3 Å². The van der Waals surface area contributed by atoms with Gasteiger partial charge in [-0.1, -0.05) is 24.9 Å². The molecule has 0 bridgehead atoms. The maximum Gasteiger partial charge on any atom is 0.243 e. The van der Waals surface area contributed by atoms with Crippen molar-refractivity contribution in [1.82, 2.24) is 14.1 Å². The summed E-state index contributed by atoms with van der Waals surface area (Å²) in [6, 6.07) is 6.70. The second-order valence-corrected chi connectivity index (χ2v) is 9.64. The monoisotopic (exact) mass is 413 g/mol. The van der Waals surface area contributed by atoms with Gasteiger partial charge in [-0.25, -0.2) is 8.42 Å². The Morgan fingerprint density at radius 1 is 1.07 bits per heavy atom. The molecule has 0 aliphatic carbocycles. The summed E-state index contributed by atoms with van der Waals surface area (Å²) in [7, 11) is -3.54. The highest BCUT2D eigenvalue weighted by atomic mass is 35.5. The molecule has 0 spiro atoms. The van der Waals surface area contributed by atoms with E-state index in [1.165, 1.54) is 22.9 Å². The highest BCUT2D eigenvalue weighted by Crippen LogP contribution is 2.21. The first kappa shape index (κ1) is 20.6. The van der Waals surface area contributed by atoms with E-state index in [4.69, 9.17) is 11.6 Å². The molecular weight excluding hydrogens is 386 g/mol. The molecule has 2 saturated heterocycles. The zero-order valence-corrected chi connectivity index (χ0v) is 17.4. The van der Waals surface area contributed by atoms with Crippen molar-refractivity contribution in [2.45, 2.75) is 43.5 Å². The van der Waals surface area contributed by atoms with Gasteiger partial charge in [0, 0.05) is 37.2 Å². The number of amides is 1. The Morgan fingerprint density at radius 2 is 1.74 bits per heavy atom. The lowest BCUT2D eigenvalue weighted by Gasteiger charge is -2.38. The SMILES string of the molecule is CCC1CCCCN1CC(=O)N1CCN(S(=O)(=O)c2ccc(Cl)cc2)CC1. The number of benzene rings is 1. The predicted molar refractivity (Wildman–Crippen MR) is 106 cm³/mol. The number of nitrogens with zero attached hydrogens (tertiary/aromatic N) is 3. The summed E-state index contributed by atoms with van der Waals surface area (Å²) in [6.45, 7) is 5.14. The summed E-state index contributed by atoms with van der Waals surface area (Å²) < 4.78 is 26.9. The minimum Gasteiger partial charge on any atom is -0.339 e. The largest absolute Gasteiger partial charge is 0.339 e. The zero-order valence-electron chi connectivity index (χ0n) is 15.8. The van der Waals surface area contributed by atoms with Crippen LogP contribution in [0.15, 0.2) is 29.2 Å². The number of carbonyl (C=O) groups is 1. The van der Waals surface area contributed by atoms with E-state index in [9.17, 15) is 13.2 Å². The van der Waals surface area contributed by atoms with Gasteiger partial charge in [0.1, 0.15) is 0 Å². The molecule has 3 rings (SSSR count). The highest BCUT2D eigenvalue weighted by molar-refractivity contribution is 7.89. The van der Waals surface area contributed by atoms with E-state index in [0.717, 1.165) is 25.8 Å². The van der Waals surface area contributed by atoms with Crippen LogP contribution in [0.1, 0.15) is 32.6 Å². The van der Waals surface area contributed by atoms with Gasteiger partial charge in [0.2, 0.25) is 15.9 Å². The summed E-state index contributed by atoms with van der Waals surface area (Å²) in [6.07, 6.45) is 4.62. The van der Waals surface area contributed by atoms with Crippen LogP contribution < -0.4 is 0 Å². The molecule has 6 nitrogen and oxygen atoms in total. The third-order valence-electron chi connectivity index (χ3n) is 5.60. The lowest BCUT2D eigenvalue weighted by atomic mass is 10.00. The molecule has 8 heteroatoms. The van der Waals surface area contributed by atoms with Gasteiger partial charge < -0.3 is 4.90 Å². The average Bonchev–Trinajstić information content (AvgIpc) is 2.69. The molecule has 0 N–H and O–H groups in total. The molecule has 2 fully saturated rings. The van der Waals surface area contributed by atoms with Crippen molar-refractivity contribution in [3.05, 3.63) is 29.3 Å². The van der Waals surface area contributed by atoms with Crippen LogP contribution in [0.2, 0.25) is 5.02 Å². The number of piperidine rings is 1. The van der Waals surface area contributed by atoms with Gasteiger partial charge in [0.25, 0.3) is 0 Å². The summed E-state index contributed by atoms with van der Waals surface area (Å²) >= 11 is 5.85. The minimum absolute atomic E-state index is 0.110. The normalized spacial score (nSPS) is 22.7. The van der Waals surface area contributed by atoms with E-state index >= 15 is 0 Å². The number of sulfonamides is 1. The molecule has 2 heterocycles. The highest BCUT2D eigenvalue weighted by Gasteiger charge is 2.31. The molecule has 0 aromatic heterocycles. The molecule has 1 aromatic rings. The van der Waals surface area contributed by atoms with Gasteiger partial charge in [-0.15, -0.1) is 0 Å². The molecule has 1 amide bonds. The predicted octanol–water partition coefficient (Wildman–Crippen LogP) is 2.44. The minimum atomic E-state index is -3.54. The fraction of sp³-hybridized carbons (Fsp3) is 0.632. The third kappa shape index (κ3) is 4.83. The summed E-state index contributed by atoms with van der Waals surface area (Å²) in [5.74, 6) is 0.110. The fourth-order valence-electron chi connectivity index (χ4n) is 3.94. The van der Waals surface area contributed by atoms with E-state index in [2.05, 4.69) is 11.8 Å². The number of rotatable bonds is 5. The van der Waals surface area contributed by atoms with Crippen molar-refractivity contribution in [3.63, 3.8) is 0 Å². The Morgan fingerprint density at radius 3 is 2.37 bits per heavy atom.